The molecule has 1 saturated carbocycles. The third-order valence-electron chi connectivity index (χ3n) is 3.62. The first kappa shape index (κ1) is 18.6. The predicted molar refractivity (Wildman–Crippen MR) is 89.1 cm³/mol. The van der Waals surface area contributed by atoms with Crippen molar-refractivity contribution >= 4 is 18.3 Å². The average Bonchev–Trinajstić information content (AvgIpc) is 3.31. The molecule has 1 aromatic rings. The molecule has 2 rings (SSSR count). The zero-order valence-electron chi connectivity index (χ0n) is 13.2. The van der Waals surface area contributed by atoms with Gasteiger partial charge in [0.05, 0.1) is 20.8 Å². The standard InChI is InChI=1S/C16H24N2O3.ClH/c1-20-14-5-6-15(21-2)13(9-14)7-8-18-16(19)11-17-10-12-3-4-12;/h5-6,9,12,17H,3-4,7-8,10-11H2,1-2H3,(H,18,19);1H. The van der Waals surface area contributed by atoms with Crippen LogP contribution in [0, 0.1) is 5.92 Å². The summed E-state index contributed by atoms with van der Waals surface area (Å²) in [5.74, 6) is 2.44. The van der Waals surface area contributed by atoms with Crippen molar-refractivity contribution in [3.63, 3.8) is 0 Å². The van der Waals surface area contributed by atoms with Gasteiger partial charge in [-0.1, -0.05) is 0 Å². The number of hydrogen-bond donors (Lipinski definition) is 2. The summed E-state index contributed by atoms with van der Waals surface area (Å²) in [7, 11) is 3.28. The molecule has 0 atom stereocenters. The minimum absolute atomic E-state index is 0. The average molecular weight is 329 g/mol. The van der Waals surface area contributed by atoms with E-state index in [-0.39, 0.29) is 18.3 Å². The fraction of sp³-hybridized carbons (Fsp3) is 0.562. The van der Waals surface area contributed by atoms with Gasteiger partial charge in [-0.25, -0.2) is 0 Å². The van der Waals surface area contributed by atoms with E-state index in [4.69, 9.17) is 9.47 Å². The van der Waals surface area contributed by atoms with Gasteiger partial charge in [-0.3, -0.25) is 4.79 Å². The molecule has 0 aliphatic heterocycles. The second-order valence-corrected chi connectivity index (χ2v) is 5.35. The topological polar surface area (TPSA) is 59.6 Å². The summed E-state index contributed by atoms with van der Waals surface area (Å²) < 4.78 is 10.5. The molecule has 1 aliphatic rings. The molecule has 0 radical (unpaired) electrons. The molecule has 1 fully saturated rings. The number of ether oxygens (including phenoxy) is 2. The summed E-state index contributed by atoms with van der Waals surface area (Å²) in [4.78, 5) is 11.7. The third-order valence-corrected chi connectivity index (χ3v) is 3.62. The van der Waals surface area contributed by atoms with Crippen LogP contribution in [0.5, 0.6) is 11.5 Å². The molecular formula is C16H25ClN2O3. The highest BCUT2D eigenvalue weighted by Crippen LogP contribution is 2.27. The van der Waals surface area contributed by atoms with E-state index in [1.165, 1.54) is 12.8 Å². The molecule has 0 spiro atoms. The summed E-state index contributed by atoms with van der Waals surface area (Å²) in [6.07, 6.45) is 3.31. The second-order valence-electron chi connectivity index (χ2n) is 5.35. The number of benzene rings is 1. The summed E-state index contributed by atoms with van der Waals surface area (Å²) in [6.45, 7) is 1.94. The number of halogens is 1. The Bertz CT molecular complexity index is 478. The zero-order chi connectivity index (χ0) is 15.1. The van der Waals surface area contributed by atoms with E-state index in [1.54, 1.807) is 14.2 Å². The van der Waals surface area contributed by atoms with Crippen LogP contribution in [0.15, 0.2) is 18.2 Å². The number of nitrogens with one attached hydrogen (secondary N) is 2. The van der Waals surface area contributed by atoms with Gasteiger partial charge >= 0.3 is 0 Å². The van der Waals surface area contributed by atoms with E-state index in [9.17, 15) is 4.79 Å². The van der Waals surface area contributed by atoms with Crippen LogP contribution in [0.1, 0.15) is 18.4 Å². The van der Waals surface area contributed by atoms with E-state index < -0.39 is 0 Å². The number of methoxy groups -OCH3 is 2. The summed E-state index contributed by atoms with van der Waals surface area (Å²) >= 11 is 0. The molecule has 0 unspecified atom stereocenters. The highest BCUT2D eigenvalue weighted by molar-refractivity contribution is 5.85. The molecule has 6 heteroatoms. The number of amides is 1. The van der Waals surface area contributed by atoms with Gasteiger partial charge in [-0.05, 0) is 55.5 Å². The highest BCUT2D eigenvalue weighted by Gasteiger charge is 2.20. The van der Waals surface area contributed by atoms with Crippen LogP contribution in [-0.4, -0.2) is 39.8 Å². The first-order chi connectivity index (χ1) is 10.2. The van der Waals surface area contributed by atoms with Crippen LogP contribution >= 0.6 is 12.4 Å². The van der Waals surface area contributed by atoms with Crippen molar-refractivity contribution in [3.8, 4) is 11.5 Å². The second kappa shape index (κ2) is 9.54. The van der Waals surface area contributed by atoms with Gasteiger partial charge in [0.1, 0.15) is 11.5 Å². The van der Waals surface area contributed by atoms with Crippen molar-refractivity contribution in [1.82, 2.24) is 10.6 Å². The minimum atomic E-state index is 0. The number of carbonyl (C=O) groups excluding carboxylic acids is 1. The van der Waals surface area contributed by atoms with E-state index in [1.807, 2.05) is 18.2 Å². The molecule has 1 amide bonds. The monoisotopic (exact) mass is 328 g/mol. The first-order valence-corrected chi connectivity index (χ1v) is 7.41. The molecule has 124 valence electrons. The van der Waals surface area contributed by atoms with Gasteiger partial charge < -0.3 is 20.1 Å². The lowest BCUT2D eigenvalue weighted by molar-refractivity contribution is -0.120. The molecule has 0 saturated heterocycles. The Morgan fingerprint density at radius 2 is 2.05 bits per heavy atom. The normalized spacial score (nSPS) is 13.2. The Labute approximate surface area is 138 Å². The van der Waals surface area contributed by atoms with E-state index in [2.05, 4.69) is 10.6 Å². The van der Waals surface area contributed by atoms with Crippen molar-refractivity contribution in [2.75, 3.05) is 33.9 Å². The molecule has 0 aromatic heterocycles. The maximum absolute atomic E-state index is 11.7. The van der Waals surface area contributed by atoms with Crippen LogP contribution in [0.3, 0.4) is 0 Å². The Balaban J connectivity index is 0.00000242. The van der Waals surface area contributed by atoms with Crippen LogP contribution < -0.4 is 20.1 Å². The molecule has 2 N–H and O–H groups in total. The molecule has 1 aliphatic carbocycles. The number of hydrogen-bond acceptors (Lipinski definition) is 4. The fourth-order valence-electron chi connectivity index (χ4n) is 2.19. The smallest absolute Gasteiger partial charge is 0.233 e. The lowest BCUT2D eigenvalue weighted by Gasteiger charge is -2.11. The van der Waals surface area contributed by atoms with Crippen molar-refractivity contribution in [2.24, 2.45) is 5.92 Å². The lowest BCUT2D eigenvalue weighted by atomic mass is 10.1. The fourth-order valence-corrected chi connectivity index (χ4v) is 2.19. The number of carbonyl (C=O) groups is 1. The summed E-state index contributed by atoms with van der Waals surface area (Å²) in [5, 5.41) is 6.10. The predicted octanol–water partition coefficient (Wildman–Crippen LogP) is 1.78. The number of rotatable bonds is 9. The molecule has 1 aromatic carbocycles. The van der Waals surface area contributed by atoms with E-state index >= 15 is 0 Å². The lowest BCUT2D eigenvalue weighted by Crippen LogP contribution is -2.35. The Kier molecular flexibility index (Phi) is 8.06. The Morgan fingerprint density at radius 1 is 1.27 bits per heavy atom. The van der Waals surface area contributed by atoms with E-state index in [0.717, 1.165) is 35.9 Å². The van der Waals surface area contributed by atoms with Gasteiger partial charge in [-0.2, -0.15) is 0 Å². The molecular weight excluding hydrogens is 304 g/mol. The largest absolute Gasteiger partial charge is 0.497 e. The van der Waals surface area contributed by atoms with Gasteiger partial charge in [0.2, 0.25) is 5.91 Å². The van der Waals surface area contributed by atoms with Crippen LogP contribution in [0.25, 0.3) is 0 Å². The molecule has 0 bridgehead atoms. The van der Waals surface area contributed by atoms with E-state index in [0.29, 0.717) is 13.1 Å². The highest BCUT2D eigenvalue weighted by atomic mass is 35.5. The first-order valence-electron chi connectivity index (χ1n) is 7.41. The third kappa shape index (κ3) is 6.12. The Hall–Kier alpha value is -1.46. The molecule has 22 heavy (non-hydrogen) atoms. The van der Waals surface area contributed by atoms with Crippen LogP contribution in [0.2, 0.25) is 0 Å². The Morgan fingerprint density at radius 3 is 2.68 bits per heavy atom. The minimum Gasteiger partial charge on any atom is -0.497 e. The zero-order valence-corrected chi connectivity index (χ0v) is 14.0. The molecule has 5 nitrogen and oxygen atoms in total. The van der Waals surface area contributed by atoms with Crippen molar-refractivity contribution in [1.29, 1.82) is 0 Å². The summed E-state index contributed by atoms with van der Waals surface area (Å²) in [6, 6.07) is 5.69. The maximum Gasteiger partial charge on any atom is 0.233 e. The maximum atomic E-state index is 11.7. The van der Waals surface area contributed by atoms with Gasteiger partial charge in [0.15, 0.2) is 0 Å². The van der Waals surface area contributed by atoms with Crippen molar-refractivity contribution in [3.05, 3.63) is 23.8 Å². The molecule has 0 heterocycles. The van der Waals surface area contributed by atoms with Crippen molar-refractivity contribution in [2.45, 2.75) is 19.3 Å². The van der Waals surface area contributed by atoms with Crippen LogP contribution in [0.4, 0.5) is 0 Å². The van der Waals surface area contributed by atoms with Gasteiger partial charge in [0.25, 0.3) is 0 Å². The van der Waals surface area contributed by atoms with Gasteiger partial charge in [-0.15, -0.1) is 12.4 Å². The van der Waals surface area contributed by atoms with Crippen molar-refractivity contribution < 1.29 is 14.3 Å². The van der Waals surface area contributed by atoms with Crippen LogP contribution in [-0.2, 0) is 11.2 Å². The van der Waals surface area contributed by atoms with Gasteiger partial charge in [0, 0.05) is 6.54 Å². The summed E-state index contributed by atoms with van der Waals surface area (Å²) in [5.41, 5.74) is 1.03. The quantitative estimate of drug-likeness (QED) is 0.725. The SMILES string of the molecule is COc1ccc(OC)c(CCNC(=O)CNCC2CC2)c1.Cl.